The van der Waals surface area contributed by atoms with E-state index in [1.807, 2.05) is 103 Å². The van der Waals surface area contributed by atoms with Crippen LogP contribution >= 0.6 is 11.3 Å². The van der Waals surface area contributed by atoms with E-state index in [0.29, 0.717) is 10.5 Å². The van der Waals surface area contributed by atoms with Crippen LogP contribution in [-0.4, -0.2) is 25.2 Å². The van der Waals surface area contributed by atoms with Crippen LogP contribution in [0, 0.1) is 6.92 Å². The molecule has 0 N–H and O–H groups in total. The van der Waals surface area contributed by atoms with Crippen molar-refractivity contribution in [2.24, 2.45) is 17.1 Å². The maximum atomic E-state index is 13.4. The van der Waals surface area contributed by atoms with Gasteiger partial charge in [-0.2, -0.15) is 5.10 Å². The number of nitrogens with zero attached hydrogens (tertiary/aromatic N) is 6. The lowest BCUT2D eigenvalue weighted by Gasteiger charge is -2.07. The maximum Gasteiger partial charge on any atom is 0.297 e. The molecule has 8 heteroatoms. The molecule has 3 aromatic heterocycles. The average Bonchev–Trinajstić information content (AvgIpc) is 3.38. The number of rotatable bonds is 5. The summed E-state index contributed by atoms with van der Waals surface area (Å²) in [5, 5.41) is 6.68. The molecule has 34 heavy (non-hydrogen) atoms. The zero-order valence-corrected chi connectivity index (χ0v) is 19.6. The van der Waals surface area contributed by atoms with Crippen molar-refractivity contribution in [3.63, 3.8) is 0 Å². The molecular weight excluding hydrogens is 444 g/mol. The summed E-state index contributed by atoms with van der Waals surface area (Å²) < 4.78 is 5.21. The predicted molar refractivity (Wildman–Crippen MR) is 136 cm³/mol. The molecule has 168 valence electrons. The second kappa shape index (κ2) is 9.29. The van der Waals surface area contributed by atoms with Gasteiger partial charge in [0.1, 0.15) is 0 Å². The van der Waals surface area contributed by atoms with Gasteiger partial charge in [-0.15, -0.1) is 11.3 Å². The summed E-state index contributed by atoms with van der Waals surface area (Å²) >= 11 is 1.43. The van der Waals surface area contributed by atoms with Gasteiger partial charge in [0, 0.05) is 24.2 Å². The van der Waals surface area contributed by atoms with Crippen LogP contribution in [0.2, 0.25) is 0 Å². The number of pyridine rings is 1. The first-order valence-corrected chi connectivity index (χ1v) is 11.6. The summed E-state index contributed by atoms with van der Waals surface area (Å²) in [6.07, 6.45) is 3.42. The minimum Gasteiger partial charge on any atom is -0.283 e. The van der Waals surface area contributed by atoms with Crippen molar-refractivity contribution in [3.05, 3.63) is 117 Å². The van der Waals surface area contributed by atoms with Gasteiger partial charge in [-0.25, -0.2) is 14.4 Å². The first kappa shape index (κ1) is 21.5. The molecule has 0 aliphatic carbocycles. The van der Waals surface area contributed by atoms with Crippen molar-refractivity contribution in [1.82, 2.24) is 19.0 Å². The van der Waals surface area contributed by atoms with E-state index < -0.39 is 0 Å². The topological polar surface area (TPSA) is 69.5 Å². The second-order valence-corrected chi connectivity index (χ2v) is 8.44. The van der Waals surface area contributed by atoms with Crippen LogP contribution in [0.25, 0.3) is 16.9 Å². The van der Waals surface area contributed by atoms with Gasteiger partial charge in [0.2, 0.25) is 4.80 Å². The van der Waals surface area contributed by atoms with Gasteiger partial charge in [0.05, 0.1) is 29.0 Å². The third-order valence-electron chi connectivity index (χ3n) is 5.48. The molecule has 0 bridgehead atoms. The molecular formula is C26H22N6OS. The van der Waals surface area contributed by atoms with Crippen LogP contribution < -0.4 is 10.4 Å². The molecule has 0 amide bonds. The number of thiazole rings is 1. The van der Waals surface area contributed by atoms with E-state index in [-0.39, 0.29) is 5.56 Å². The Kier molecular flexibility index (Phi) is 5.88. The third kappa shape index (κ3) is 4.06. The van der Waals surface area contributed by atoms with Gasteiger partial charge in [0.25, 0.3) is 5.56 Å². The number of aromatic nitrogens is 4. The lowest BCUT2D eigenvalue weighted by Crippen LogP contribution is -2.19. The molecule has 7 nitrogen and oxygen atoms in total. The van der Waals surface area contributed by atoms with Crippen LogP contribution in [0.4, 0.5) is 5.69 Å². The number of hydrogen-bond acceptors (Lipinski definition) is 5. The van der Waals surface area contributed by atoms with E-state index in [2.05, 4.69) is 10.1 Å². The molecule has 5 aromatic rings. The minimum absolute atomic E-state index is 0.180. The van der Waals surface area contributed by atoms with Crippen molar-refractivity contribution in [1.29, 1.82) is 0 Å². The fourth-order valence-electron chi connectivity index (χ4n) is 3.64. The van der Waals surface area contributed by atoms with Gasteiger partial charge in [-0.3, -0.25) is 14.5 Å². The number of benzene rings is 2. The molecule has 0 unspecified atom stereocenters. The highest BCUT2D eigenvalue weighted by Gasteiger charge is 2.16. The Hall–Kier alpha value is -4.30. The Bertz CT molecular complexity index is 1580. The molecule has 0 fully saturated rings. The monoisotopic (exact) mass is 466 g/mol. The molecule has 0 saturated carbocycles. The van der Waals surface area contributed by atoms with Crippen molar-refractivity contribution in [3.8, 4) is 16.9 Å². The highest BCUT2D eigenvalue weighted by atomic mass is 32.1. The highest BCUT2D eigenvalue weighted by Crippen LogP contribution is 2.21. The summed E-state index contributed by atoms with van der Waals surface area (Å²) in [7, 11) is 1.86. The van der Waals surface area contributed by atoms with Crippen LogP contribution in [0.15, 0.2) is 105 Å². The van der Waals surface area contributed by atoms with E-state index >= 15 is 0 Å². The standard InChI is InChI=1S/C26H22N6OS/c1-19-24(25(33)32(30(19)2)22-14-7-4-8-15-22)29-26-31(28-17-21-13-9-10-16-27-21)23(18-34-26)20-11-5-3-6-12-20/h3-18H,1-2H3. The number of para-hydroxylation sites is 1. The molecule has 3 heterocycles. The fourth-order valence-corrected chi connectivity index (χ4v) is 4.49. The molecule has 0 aliphatic heterocycles. The van der Waals surface area contributed by atoms with E-state index in [9.17, 15) is 4.79 Å². The maximum absolute atomic E-state index is 13.4. The summed E-state index contributed by atoms with van der Waals surface area (Å²) in [4.78, 5) is 23.1. The SMILES string of the molecule is Cc1c(N=c2scc(-c3ccccc3)n2N=Cc2ccccn2)c(=O)n(-c2ccccc2)n1C. The lowest BCUT2D eigenvalue weighted by atomic mass is 10.2. The van der Waals surface area contributed by atoms with E-state index in [0.717, 1.165) is 28.3 Å². The quantitative estimate of drug-likeness (QED) is 0.357. The molecule has 0 aliphatic rings. The smallest absolute Gasteiger partial charge is 0.283 e. The Morgan fingerprint density at radius 3 is 2.35 bits per heavy atom. The van der Waals surface area contributed by atoms with Crippen molar-refractivity contribution < 1.29 is 0 Å². The summed E-state index contributed by atoms with van der Waals surface area (Å²) in [5.41, 5.74) is 4.38. The first-order valence-electron chi connectivity index (χ1n) is 10.7. The van der Waals surface area contributed by atoms with E-state index in [4.69, 9.17) is 4.99 Å². The molecule has 0 saturated heterocycles. The normalized spacial score (nSPS) is 12.0. The van der Waals surface area contributed by atoms with Gasteiger partial charge < -0.3 is 0 Å². The largest absolute Gasteiger partial charge is 0.297 e. The zero-order chi connectivity index (χ0) is 23.5. The lowest BCUT2D eigenvalue weighted by molar-refractivity contribution is 0.630. The third-order valence-corrected chi connectivity index (χ3v) is 6.30. The fraction of sp³-hybridized carbons (Fsp3) is 0.0769. The van der Waals surface area contributed by atoms with Crippen molar-refractivity contribution in [2.75, 3.05) is 0 Å². The minimum atomic E-state index is -0.180. The predicted octanol–water partition coefficient (Wildman–Crippen LogP) is 4.52. The van der Waals surface area contributed by atoms with E-state index in [1.54, 1.807) is 21.8 Å². The van der Waals surface area contributed by atoms with Crippen LogP contribution in [0.1, 0.15) is 11.4 Å². The van der Waals surface area contributed by atoms with Gasteiger partial charge in [0.15, 0.2) is 5.69 Å². The highest BCUT2D eigenvalue weighted by molar-refractivity contribution is 7.07. The summed E-state index contributed by atoms with van der Waals surface area (Å²) in [6, 6.07) is 25.2. The van der Waals surface area contributed by atoms with Gasteiger partial charge in [-0.05, 0) is 31.2 Å². The summed E-state index contributed by atoms with van der Waals surface area (Å²) in [6.45, 7) is 1.90. The average molecular weight is 467 g/mol. The molecule has 2 aromatic carbocycles. The Morgan fingerprint density at radius 1 is 0.941 bits per heavy atom. The van der Waals surface area contributed by atoms with Crippen LogP contribution in [0.3, 0.4) is 0 Å². The first-order chi connectivity index (χ1) is 16.6. The zero-order valence-electron chi connectivity index (χ0n) is 18.7. The Labute approximate surface area is 200 Å². The van der Waals surface area contributed by atoms with Crippen LogP contribution in [0.5, 0.6) is 0 Å². The van der Waals surface area contributed by atoms with Crippen LogP contribution in [-0.2, 0) is 7.05 Å². The number of hydrogen-bond donors (Lipinski definition) is 0. The van der Waals surface area contributed by atoms with E-state index in [1.165, 1.54) is 11.3 Å². The summed E-state index contributed by atoms with van der Waals surface area (Å²) in [5.74, 6) is 0. The van der Waals surface area contributed by atoms with Crippen molar-refractivity contribution in [2.45, 2.75) is 6.92 Å². The molecule has 0 radical (unpaired) electrons. The second-order valence-electron chi connectivity index (χ2n) is 7.60. The Morgan fingerprint density at radius 2 is 1.65 bits per heavy atom. The molecule has 0 spiro atoms. The van der Waals surface area contributed by atoms with Gasteiger partial charge >= 0.3 is 0 Å². The Balaban J connectivity index is 1.69. The molecule has 5 rings (SSSR count). The molecule has 0 atom stereocenters. The van der Waals surface area contributed by atoms with Gasteiger partial charge in [-0.1, -0.05) is 54.6 Å². The van der Waals surface area contributed by atoms with Crippen molar-refractivity contribution >= 4 is 23.2 Å².